The van der Waals surface area contributed by atoms with Crippen molar-refractivity contribution in [1.82, 2.24) is 20.3 Å². The van der Waals surface area contributed by atoms with Crippen molar-refractivity contribution in [1.29, 1.82) is 0 Å². The summed E-state index contributed by atoms with van der Waals surface area (Å²) < 4.78 is 38.7. The zero-order valence-electron chi connectivity index (χ0n) is 17.6. The number of rotatable bonds is 8. The molecule has 0 aliphatic heterocycles. The number of amides is 1. The van der Waals surface area contributed by atoms with Crippen molar-refractivity contribution in [2.75, 3.05) is 23.7 Å². The van der Waals surface area contributed by atoms with Crippen LogP contribution in [0.1, 0.15) is 24.6 Å². The summed E-state index contributed by atoms with van der Waals surface area (Å²) in [7, 11) is 0. The highest BCUT2D eigenvalue weighted by atomic mass is 19.4. The van der Waals surface area contributed by atoms with Gasteiger partial charge in [-0.3, -0.25) is 4.79 Å². The zero-order valence-corrected chi connectivity index (χ0v) is 17.6. The predicted octanol–water partition coefficient (Wildman–Crippen LogP) is 4.55. The van der Waals surface area contributed by atoms with E-state index >= 15 is 0 Å². The molecule has 2 aromatic heterocycles. The highest BCUT2D eigenvalue weighted by Gasteiger charge is 2.32. The third kappa shape index (κ3) is 6.66. The van der Waals surface area contributed by atoms with Crippen LogP contribution in [0.2, 0.25) is 0 Å². The molecule has 168 valence electrons. The fraction of sp³-hybridized carbons (Fsp3) is 0.273. The predicted molar refractivity (Wildman–Crippen MR) is 117 cm³/mol. The SMILES string of the molecule is CC(=O)NCCCNc1ccc(-c2cc(C)cc(Nc3nccc(C(F)(F)F)n3)c2)cn1. The van der Waals surface area contributed by atoms with Gasteiger partial charge in [-0.25, -0.2) is 15.0 Å². The fourth-order valence-electron chi connectivity index (χ4n) is 2.97. The van der Waals surface area contributed by atoms with Gasteiger partial charge < -0.3 is 16.0 Å². The van der Waals surface area contributed by atoms with Crippen LogP contribution >= 0.6 is 0 Å². The van der Waals surface area contributed by atoms with E-state index in [0.29, 0.717) is 24.6 Å². The van der Waals surface area contributed by atoms with Crippen LogP contribution in [0.25, 0.3) is 11.1 Å². The Kier molecular flexibility index (Phi) is 7.24. The second kappa shape index (κ2) is 10.1. The molecule has 32 heavy (non-hydrogen) atoms. The molecule has 0 bridgehead atoms. The lowest BCUT2D eigenvalue weighted by atomic mass is 10.0. The van der Waals surface area contributed by atoms with Gasteiger partial charge >= 0.3 is 6.18 Å². The number of nitrogens with one attached hydrogen (secondary N) is 3. The number of benzene rings is 1. The van der Waals surface area contributed by atoms with Gasteiger partial charge in [0.05, 0.1) is 0 Å². The van der Waals surface area contributed by atoms with Crippen LogP contribution in [-0.2, 0) is 11.0 Å². The molecule has 7 nitrogen and oxygen atoms in total. The van der Waals surface area contributed by atoms with E-state index in [9.17, 15) is 18.0 Å². The standard InChI is InChI=1S/C22H23F3N6O/c1-14-10-17(16-4-5-20(29-13-16)27-8-3-7-26-15(2)32)12-18(11-14)30-21-28-9-6-19(31-21)22(23,24)25/h4-6,9-13H,3,7-8H2,1-2H3,(H,26,32)(H,27,29)(H,28,30,31). The van der Waals surface area contributed by atoms with Crippen molar-refractivity contribution in [3.05, 3.63) is 60.0 Å². The number of carbonyl (C=O) groups excluding carboxylic acids is 1. The first-order valence-electron chi connectivity index (χ1n) is 9.94. The van der Waals surface area contributed by atoms with E-state index in [-0.39, 0.29) is 11.9 Å². The molecule has 0 radical (unpaired) electrons. The van der Waals surface area contributed by atoms with Crippen LogP contribution in [-0.4, -0.2) is 33.9 Å². The minimum atomic E-state index is -4.54. The highest BCUT2D eigenvalue weighted by molar-refractivity contribution is 5.72. The van der Waals surface area contributed by atoms with Crippen molar-refractivity contribution in [2.24, 2.45) is 0 Å². The monoisotopic (exact) mass is 444 g/mol. The number of anilines is 3. The van der Waals surface area contributed by atoms with Crippen molar-refractivity contribution < 1.29 is 18.0 Å². The van der Waals surface area contributed by atoms with E-state index in [0.717, 1.165) is 35.4 Å². The average Bonchev–Trinajstić information content (AvgIpc) is 2.73. The molecule has 0 spiro atoms. The molecular weight excluding hydrogens is 421 g/mol. The quantitative estimate of drug-likeness (QED) is 0.442. The Hall–Kier alpha value is -3.69. The highest BCUT2D eigenvalue weighted by Crippen LogP contribution is 2.29. The molecule has 10 heteroatoms. The van der Waals surface area contributed by atoms with Crippen LogP contribution in [0.4, 0.5) is 30.6 Å². The van der Waals surface area contributed by atoms with Gasteiger partial charge in [-0.05, 0) is 54.8 Å². The molecule has 0 aliphatic carbocycles. The van der Waals surface area contributed by atoms with Gasteiger partial charge in [-0.15, -0.1) is 0 Å². The molecule has 1 amide bonds. The normalized spacial score (nSPS) is 11.2. The van der Waals surface area contributed by atoms with Crippen molar-refractivity contribution in [3.63, 3.8) is 0 Å². The molecule has 0 saturated carbocycles. The lowest BCUT2D eigenvalue weighted by Crippen LogP contribution is -2.22. The molecule has 3 N–H and O–H groups in total. The average molecular weight is 444 g/mol. The first kappa shape index (κ1) is 23.0. The summed E-state index contributed by atoms with van der Waals surface area (Å²) in [4.78, 5) is 22.7. The number of nitrogens with zero attached hydrogens (tertiary/aromatic N) is 3. The lowest BCUT2D eigenvalue weighted by molar-refractivity contribution is -0.141. The summed E-state index contributed by atoms with van der Waals surface area (Å²) in [6.07, 6.45) is -0.980. The number of halogens is 3. The minimum absolute atomic E-state index is 0.0564. The fourth-order valence-corrected chi connectivity index (χ4v) is 2.97. The Morgan fingerprint density at radius 3 is 2.53 bits per heavy atom. The molecular formula is C22H23F3N6O. The van der Waals surface area contributed by atoms with E-state index in [1.165, 1.54) is 6.92 Å². The van der Waals surface area contributed by atoms with E-state index < -0.39 is 11.9 Å². The van der Waals surface area contributed by atoms with E-state index in [4.69, 9.17) is 0 Å². The summed E-state index contributed by atoms with van der Waals surface area (Å²) in [5.41, 5.74) is 2.18. The van der Waals surface area contributed by atoms with Crippen LogP contribution in [0.5, 0.6) is 0 Å². The Balaban J connectivity index is 1.68. The van der Waals surface area contributed by atoms with E-state index in [2.05, 4.69) is 30.9 Å². The molecule has 3 rings (SSSR count). The van der Waals surface area contributed by atoms with Crippen LogP contribution < -0.4 is 16.0 Å². The molecule has 3 aromatic rings. The summed E-state index contributed by atoms with van der Waals surface area (Å²) in [5, 5.41) is 8.76. The largest absolute Gasteiger partial charge is 0.433 e. The first-order valence-corrected chi connectivity index (χ1v) is 9.94. The number of hydrogen-bond donors (Lipinski definition) is 3. The van der Waals surface area contributed by atoms with Gasteiger partial charge in [0.25, 0.3) is 0 Å². The Morgan fingerprint density at radius 2 is 1.84 bits per heavy atom. The Morgan fingerprint density at radius 1 is 1.03 bits per heavy atom. The van der Waals surface area contributed by atoms with E-state index in [1.54, 1.807) is 18.3 Å². The molecule has 0 saturated heterocycles. The number of carbonyl (C=O) groups is 1. The van der Waals surface area contributed by atoms with Crippen LogP contribution in [0, 0.1) is 6.92 Å². The van der Waals surface area contributed by atoms with Crippen molar-refractivity contribution in [2.45, 2.75) is 26.4 Å². The minimum Gasteiger partial charge on any atom is -0.370 e. The molecule has 0 atom stereocenters. The second-order valence-corrected chi connectivity index (χ2v) is 7.17. The summed E-state index contributed by atoms with van der Waals surface area (Å²) in [6, 6.07) is 10.1. The third-order valence-corrected chi connectivity index (χ3v) is 4.41. The molecule has 0 aliphatic rings. The Bertz CT molecular complexity index is 1070. The molecule has 0 fully saturated rings. The van der Waals surface area contributed by atoms with Crippen LogP contribution in [0.15, 0.2) is 48.8 Å². The van der Waals surface area contributed by atoms with Gasteiger partial charge in [0.2, 0.25) is 11.9 Å². The lowest BCUT2D eigenvalue weighted by Gasteiger charge is -2.11. The maximum atomic E-state index is 12.9. The van der Waals surface area contributed by atoms with Gasteiger partial charge in [0.1, 0.15) is 11.5 Å². The number of pyridine rings is 1. The number of hydrogen-bond acceptors (Lipinski definition) is 6. The van der Waals surface area contributed by atoms with Gasteiger partial charge in [-0.1, -0.05) is 6.07 Å². The van der Waals surface area contributed by atoms with Gasteiger partial charge in [0, 0.05) is 43.7 Å². The van der Waals surface area contributed by atoms with Crippen molar-refractivity contribution in [3.8, 4) is 11.1 Å². The van der Waals surface area contributed by atoms with E-state index in [1.807, 2.05) is 25.1 Å². The number of alkyl halides is 3. The Labute approximate surface area is 183 Å². The second-order valence-electron chi connectivity index (χ2n) is 7.17. The third-order valence-electron chi connectivity index (χ3n) is 4.41. The summed E-state index contributed by atoms with van der Waals surface area (Å²) in [5.74, 6) is 0.521. The first-order chi connectivity index (χ1) is 15.2. The maximum absolute atomic E-state index is 12.9. The smallest absolute Gasteiger partial charge is 0.370 e. The molecule has 0 unspecified atom stereocenters. The van der Waals surface area contributed by atoms with Crippen LogP contribution in [0.3, 0.4) is 0 Å². The summed E-state index contributed by atoms with van der Waals surface area (Å²) in [6.45, 7) is 4.63. The topological polar surface area (TPSA) is 91.8 Å². The number of aryl methyl sites for hydroxylation is 1. The molecule has 2 heterocycles. The van der Waals surface area contributed by atoms with Gasteiger partial charge in [0.15, 0.2) is 0 Å². The summed E-state index contributed by atoms with van der Waals surface area (Å²) >= 11 is 0. The van der Waals surface area contributed by atoms with Gasteiger partial charge in [-0.2, -0.15) is 13.2 Å². The maximum Gasteiger partial charge on any atom is 0.433 e. The molecule has 1 aromatic carbocycles. The number of aromatic nitrogens is 3. The zero-order chi connectivity index (χ0) is 23.1. The van der Waals surface area contributed by atoms with Crippen molar-refractivity contribution >= 4 is 23.4 Å².